The molecule has 0 saturated carbocycles. The van der Waals surface area contributed by atoms with E-state index in [0.717, 1.165) is 19.3 Å². The molecule has 1 amide bonds. The Labute approximate surface area is 220 Å². The Kier molecular flexibility index (Phi) is 8.83. The zero-order valence-corrected chi connectivity index (χ0v) is 21.6. The molecule has 1 aromatic heterocycles. The molecule has 1 N–H and O–H groups in total. The Balaban J connectivity index is 1.48. The first-order chi connectivity index (χ1) is 18.2. The minimum absolute atomic E-state index is 0.122. The van der Waals surface area contributed by atoms with Crippen LogP contribution in [0.1, 0.15) is 51.8 Å². The van der Waals surface area contributed by atoms with E-state index in [2.05, 4.69) is 28.8 Å². The van der Waals surface area contributed by atoms with Crippen LogP contribution in [0.4, 0.5) is 8.78 Å². The van der Waals surface area contributed by atoms with Gasteiger partial charge in [-0.05, 0) is 73.7 Å². The molecule has 2 aromatic carbocycles. The van der Waals surface area contributed by atoms with E-state index in [4.69, 9.17) is 9.47 Å². The number of rotatable bonds is 10. The summed E-state index contributed by atoms with van der Waals surface area (Å²) < 4.78 is 37.9. The molecule has 0 radical (unpaired) electrons. The second-order valence-electron chi connectivity index (χ2n) is 9.60. The molecule has 0 unspecified atom stereocenters. The van der Waals surface area contributed by atoms with Crippen LogP contribution in [0.25, 0.3) is 0 Å². The third-order valence-corrected chi connectivity index (χ3v) is 6.87. The number of ether oxygens (including phenoxy) is 2. The molecule has 1 saturated heterocycles. The fourth-order valence-corrected chi connectivity index (χ4v) is 4.50. The van der Waals surface area contributed by atoms with Crippen LogP contribution in [0.5, 0.6) is 23.5 Å². The molecule has 0 spiro atoms. The van der Waals surface area contributed by atoms with Crippen molar-refractivity contribution in [1.82, 2.24) is 19.9 Å². The second-order valence-corrected chi connectivity index (χ2v) is 9.60. The maximum atomic E-state index is 13.3. The largest absolute Gasteiger partial charge is 0.424 e. The van der Waals surface area contributed by atoms with Crippen LogP contribution in [-0.4, -0.2) is 49.6 Å². The lowest BCUT2D eigenvalue weighted by Crippen LogP contribution is -2.48. The molecule has 3 aromatic rings. The molecule has 1 aliphatic heterocycles. The molecular weight excluding hydrogens is 494 g/mol. The number of carbonyl (C=O) groups excluding carboxylic acids is 1. The van der Waals surface area contributed by atoms with Gasteiger partial charge in [-0.25, -0.2) is 8.78 Å². The summed E-state index contributed by atoms with van der Waals surface area (Å²) in [5, 5.41) is 11.0. The Morgan fingerprint density at radius 2 is 1.37 bits per heavy atom. The number of aliphatic hydroxyl groups is 1. The smallest absolute Gasteiger partial charge is 0.328 e. The number of hydrogen-bond donors (Lipinski definition) is 1. The van der Waals surface area contributed by atoms with Gasteiger partial charge in [-0.1, -0.05) is 26.7 Å². The first-order valence-corrected chi connectivity index (χ1v) is 12.9. The lowest BCUT2D eigenvalue weighted by Gasteiger charge is -2.40. The second kappa shape index (κ2) is 12.3. The van der Waals surface area contributed by atoms with Gasteiger partial charge in [0.25, 0.3) is 0 Å². The molecular formula is C28H32F2N4O4. The van der Waals surface area contributed by atoms with Crippen LogP contribution in [-0.2, 0) is 11.2 Å². The highest BCUT2D eigenvalue weighted by atomic mass is 19.1. The van der Waals surface area contributed by atoms with Crippen molar-refractivity contribution in [2.24, 2.45) is 5.92 Å². The summed E-state index contributed by atoms with van der Waals surface area (Å²) in [5.74, 6) is 0.122. The number of benzene rings is 2. The van der Waals surface area contributed by atoms with Crippen molar-refractivity contribution in [2.75, 3.05) is 13.1 Å². The molecule has 4 rings (SSSR count). The van der Waals surface area contributed by atoms with Gasteiger partial charge >= 0.3 is 12.0 Å². The zero-order chi connectivity index (χ0) is 27.1. The van der Waals surface area contributed by atoms with Gasteiger partial charge in [0.1, 0.15) is 29.0 Å². The highest BCUT2D eigenvalue weighted by Gasteiger charge is 2.35. The molecule has 0 atom stereocenters. The maximum absolute atomic E-state index is 13.3. The van der Waals surface area contributed by atoms with Crippen LogP contribution in [0.3, 0.4) is 0 Å². The van der Waals surface area contributed by atoms with Gasteiger partial charge < -0.3 is 19.5 Å². The molecule has 10 heteroatoms. The van der Waals surface area contributed by atoms with Crippen molar-refractivity contribution in [1.29, 1.82) is 0 Å². The lowest BCUT2D eigenvalue weighted by molar-refractivity contribution is -0.135. The highest BCUT2D eigenvalue weighted by Crippen LogP contribution is 2.32. The fourth-order valence-electron chi connectivity index (χ4n) is 4.50. The number of nitrogens with zero attached hydrogens (tertiary/aromatic N) is 4. The first kappa shape index (κ1) is 27.4. The number of halogens is 2. The number of amides is 1. The predicted octanol–water partition coefficient (Wildman–Crippen LogP) is 5.46. The summed E-state index contributed by atoms with van der Waals surface area (Å²) in [4.78, 5) is 27.5. The SMILES string of the molecule is CCC(CC)CC1(O)CCN(C(=O)Cc2nc(Oc3ccc(F)cc3)nc(Oc3ccc(F)cc3)n2)CC1. The van der Waals surface area contributed by atoms with Crippen molar-refractivity contribution in [3.05, 3.63) is 66.0 Å². The average molecular weight is 527 g/mol. The first-order valence-electron chi connectivity index (χ1n) is 12.9. The summed E-state index contributed by atoms with van der Waals surface area (Å²) in [6.45, 7) is 5.15. The van der Waals surface area contributed by atoms with E-state index in [0.29, 0.717) is 31.8 Å². The molecule has 8 nitrogen and oxygen atoms in total. The van der Waals surface area contributed by atoms with Gasteiger partial charge in [0, 0.05) is 13.1 Å². The Hall–Kier alpha value is -3.66. The molecule has 202 valence electrons. The van der Waals surface area contributed by atoms with Gasteiger partial charge in [-0.3, -0.25) is 4.79 Å². The topological polar surface area (TPSA) is 97.7 Å². The van der Waals surface area contributed by atoms with Crippen LogP contribution in [0, 0.1) is 17.6 Å². The summed E-state index contributed by atoms with van der Waals surface area (Å²) in [6.07, 6.45) is 3.68. The van der Waals surface area contributed by atoms with E-state index in [9.17, 15) is 18.7 Å². The highest BCUT2D eigenvalue weighted by molar-refractivity contribution is 5.78. The lowest BCUT2D eigenvalue weighted by atomic mass is 9.81. The summed E-state index contributed by atoms with van der Waals surface area (Å²) in [6, 6.07) is 10.3. The Morgan fingerprint density at radius 3 is 1.82 bits per heavy atom. The average Bonchev–Trinajstić information content (AvgIpc) is 2.90. The van der Waals surface area contributed by atoms with Crippen molar-refractivity contribution in [3.8, 4) is 23.5 Å². The molecule has 1 aliphatic rings. The van der Waals surface area contributed by atoms with E-state index in [1.54, 1.807) is 4.90 Å². The van der Waals surface area contributed by atoms with Crippen molar-refractivity contribution in [3.63, 3.8) is 0 Å². The Bertz CT molecular complexity index is 1150. The summed E-state index contributed by atoms with van der Waals surface area (Å²) >= 11 is 0. The van der Waals surface area contributed by atoms with Crippen LogP contribution in [0.2, 0.25) is 0 Å². The van der Waals surface area contributed by atoms with Crippen molar-refractivity contribution in [2.45, 2.75) is 58.0 Å². The van der Waals surface area contributed by atoms with Crippen LogP contribution < -0.4 is 9.47 Å². The van der Waals surface area contributed by atoms with Crippen molar-refractivity contribution >= 4 is 5.91 Å². The third kappa shape index (κ3) is 7.44. The molecule has 0 aliphatic carbocycles. The standard InChI is InChI=1S/C28H32F2N4O4/c1-3-19(4-2)18-28(36)13-15-34(16-14-28)25(35)17-24-31-26(37-22-9-5-20(29)6-10-22)33-27(32-24)38-23-11-7-21(30)8-12-23/h5-12,19,36H,3-4,13-18H2,1-2H3. The third-order valence-electron chi connectivity index (χ3n) is 6.87. The predicted molar refractivity (Wildman–Crippen MR) is 136 cm³/mol. The number of piperidine rings is 1. The number of aromatic nitrogens is 3. The van der Waals surface area contributed by atoms with Gasteiger partial charge in [-0.15, -0.1) is 4.98 Å². The molecule has 1 fully saturated rings. The van der Waals surface area contributed by atoms with E-state index in [1.165, 1.54) is 48.5 Å². The summed E-state index contributed by atoms with van der Waals surface area (Å²) in [5.41, 5.74) is -0.757. The molecule has 0 bridgehead atoms. The van der Waals surface area contributed by atoms with Crippen molar-refractivity contribution < 1.29 is 28.2 Å². The minimum Gasteiger partial charge on any atom is -0.424 e. The van der Waals surface area contributed by atoms with Gasteiger partial charge in [0.05, 0.1) is 12.0 Å². The maximum Gasteiger partial charge on any atom is 0.328 e. The number of hydrogen-bond acceptors (Lipinski definition) is 7. The van der Waals surface area contributed by atoms with Crippen LogP contribution in [0.15, 0.2) is 48.5 Å². The van der Waals surface area contributed by atoms with Gasteiger partial charge in [0.2, 0.25) is 5.91 Å². The van der Waals surface area contributed by atoms with Crippen LogP contribution >= 0.6 is 0 Å². The minimum atomic E-state index is -0.757. The number of carbonyl (C=O) groups is 1. The quantitative estimate of drug-likeness (QED) is 0.375. The number of likely N-dealkylation sites (tertiary alicyclic amines) is 1. The van der Waals surface area contributed by atoms with E-state index in [-0.39, 0.29) is 41.7 Å². The zero-order valence-electron chi connectivity index (χ0n) is 21.6. The van der Waals surface area contributed by atoms with Gasteiger partial charge in [-0.2, -0.15) is 9.97 Å². The normalized spacial score (nSPS) is 14.9. The fraction of sp³-hybridized carbons (Fsp3) is 0.429. The van der Waals surface area contributed by atoms with E-state index < -0.39 is 17.2 Å². The van der Waals surface area contributed by atoms with Gasteiger partial charge in [0.15, 0.2) is 0 Å². The molecule has 38 heavy (non-hydrogen) atoms. The Morgan fingerprint density at radius 1 is 0.895 bits per heavy atom. The van der Waals surface area contributed by atoms with E-state index >= 15 is 0 Å². The summed E-state index contributed by atoms with van der Waals surface area (Å²) in [7, 11) is 0. The monoisotopic (exact) mass is 526 g/mol. The van der Waals surface area contributed by atoms with E-state index in [1.807, 2.05) is 0 Å². The molecule has 2 heterocycles.